The van der Waals surface area contributed by atoms with Crippen molar-refractivity contribution in [3.8, 4) is 0 Å². The number of rotatable bonds is 6. The molecule has 2 unspecified atom stereocenters. The zero-order valence-electron chi connectivity index (χ0n) is 15.6. The molecule has 0 amide bonds. The smallest absolute Gasteiger partial charge is 0.170 e. The summed E-state index contributed by atoms with van der Waals surface area (Å²) in [7, 11) is 0. The number of hydrogen-bond acceptors (Lipinski definition) is 3. The number of pyridine rings is 1. The maximum absolute atomic E-state index is 9.36. The summed E-state index contributed by atoms with van der Waals surface area (Å²) in [6, 6.07) is 11.1. The lowest BCUT2D eigenvalue weighted by molar-refractivity contribution is 0.238. The molecule has 2 aliphatic rings. The van der Waals surface area contributed by atoms with Gasteiger partial charge in [-0.2, -0.15) is 0 Å². The third-order valence-electron chi connectivity index (χ3n) is 5.84. The first kappa shape index (κ1) is 18.4. The molecule has 2 fully saturated rings. The van der Waals surface area contributed by atoms with Gasteiger partial charge in [-0.1, -0.05) is 25.3 Å². The molecule has 1 saturated carbocycles. The molecular weight excluding hydrogens is 356 g/mol. The van der Waals surface area contributed by atoms with Crippen molar-refractivity contribution in [1.29, 1.82) is 0 Å². The van der Waals surface area contributed by atoms with E-state index < -0.39 is 0 Å². The molecule has 2 aromatic heterocycles. The van der Waals surface area contributed by atoms with E-state index in [0.29, 0.717) is 12.5 Å². The van der Waals surface area contributed by atoms with Gasteiger partial charge in [0, 0.05) is 37.3 Å². The van der Waals surface area contributed by atoms with Crippen LogP contribution in [-0.4, -0.2) is 37.8 Å². The molecule has 2 atom stereocenters. The fourth-order valence-corrected chi connectivity index (χ4v) is 4.89. The average Bonchev–Trinajstić information content (AvgIpc) is 3.32. The van der Waals surface area contributed by atoms with Crippen LogP contribution in [0.25, 0.3) is 0 Å². The van der Waals surface area contributed by atoms with Crippen LogP contribution in [0.1, 0.15) is 68.0 Å². The number of hydrogen-bond donors (Lipinski definition) is 2. The number of aromatic nitrogens is 2. The van der Waals surface area contributed by atoms with Gasteiger partial charge in [0.15, 0.2) is 5.11 Å². The standard InChI is InChI=1S/C21H28N4OS/c26-15-7-14-25-20(19(23-21(25)27)17-10-4-5-12-22-17)18-11-6-13-24(18)16-8-2-1-3-9-16/h4-6,10-13,16,19-20,26H,1-3,7-9,14-15H2,(H,23,27). The van der Waals surface area contributed by atoms with Crippen molar-refractivity contribution >= 4 is 17.3 Å². The molecule has 0 radical (unpaired) electrons. The highest BCUT2D eigenvalue weighted by atomic mass is 32.1. The van der Waals surface area contributed by atoms with Gasteiger partial charge in [-0.05, 0) is 55.7 Å². The molecule has 6 heteroatoms. The predicted octanol–water partition coefficient (Wildman–Crippen LogP) is 3.74. The Morgan fingerprint density at radius 2 is 2.00 bits per heavy atom. The molecule has 2 N–H and O–H groups in total. The van der Waals surface area contributed by atoms with Crippen LogP contribution in [0, 0.1) is 0 Å². The first-order valence-corrected chi connectivity index (χ1v) is 10.5. The third-order valence-corrected chi connectivity index (χ3v) is 6.19. The van der Waals surface area contributed by atoms with E-state index in [0.717, 1.165) is 17.4 Å². The maximum atomic E-state index is 9.36. The normalized spacial score (nSPS) is 23.6. The molecule has 4 rings (SSSR count). The molecule has 0 bridgehead atoms. The van der Waals surface area contributed by atoms with E-state index in [1.54, 1.807) is 0 Å². The van der Waals surface area contributed by atoms with Crippen molar-refractivity contribution < 1.29 is 5.11 Å². The third kappa shape index (κ3) is 3.73. The highest BCUT2D eigenvalue weighted by Crippen LogP contribution is 2.41. The van der Waals surface area contributed by atoms with Crippen LogP contribution < -0.4 is 5.32 Å². The van der Waals surface area contributed by atoms with Crippen molar-refractivity contribution in [2.75, 3.05) is 13.2 Å². The number of nitrogens with zero attached hydrogens (tertiary/aromatic N) is 3. The highest BCUT2D eigenvalue weighted by Gasteiger charge is 2.41. The Morgan fingerprint density at radius 3 is 2.74 bits per heavy atom. The first-order chi connectivity index (χ1) is 13.3. The fourth-order valence-electron chi connectivity index (χ4n) is 4.56. The summed E-state index contributed by atoms with van der Waals surface area (Å²) in [6.45, 7) is 0.913. The first-order valence-electron chi connectivity index (χ1n) is 10.1. The lowest BCUT2D eigenvalue weighted by Gasteiger charge is -2.32. The van der Waals surface area contributed by atoms with Crippen molar-refractivity contribution in [3.63, 3.8) is 0 Å². The zero-order valence-corrected chi connectivity index (χ0v) is 16.4. The van der Waals surface area contributed by atoms with Gasteiger partial charge in [0.25, 0.3) is 0 Å². The summed E-state index contributed by atoms with van der Waals surface area (Å²) in [5, 5.41) is 13.6. The second kappa shape index (κ2) is 8.40. The quantitative estimate of drug-likeness (QED) is 0.743. The molecule has 5 nitrogen and oxygen atoms in total. The number of aliphatic hydroxyl groups is 1. The van der Waals surface area contributed by atoms with Gasteiger partial charge < -0.3 is 19.9 Å². The molecule has 27 heavy (non-hydrogen) atoms. The Morgan fingerprint density at radius 1 is 1.15 bits per heavy atom. The van der Waals surface area contributed by atoms with E-state index in [-0.39, 0.29) is 18.7 Å². The summed E-state index contributed by atoms with van der Waals surface area (Å²) in [5.41, 5.74) is 2.30. The van der Waals surface area contributed by atoms with E-state index >= 15 is 0 Å². The zero-order chi connectivity index (χ0) is 18.6. The molecule has 1 aliphatic carbocycles. The largest absolute Gasteiger partial charge is 0.396 e. The van der Waals surface area contributed by atoms with Crippen LogP contribution in [-0.2, 0) is 0 Å². The lowest BCUT2D eigenvalue weighted by Crippen LogP contribution is -2.32. The summed E-state index contributed by atoms with van der Waals surface area (Å²) < 4.78 is 2.47. The van der Waals surface area contributed by atoms with Gasteiger partial charge in [-0.3, -0.25) is 4.98 Å². The number of nitrogens with one attached hydrogen (secondary N) is 1. The Hall–Kier alpha value is -1.92. The summed E-state index contributed by atoms with van der Waals surface area (Å²) in [5.74, 6) is 0. The van der Waals surface area contributed by atoms with E-state index in [1.165, 1.54) is 37.8 Å². The minimum Gasteiger partial charge on any atom is -0.396 e. The van der Waals surface area contributed by atoms with Crippen molar-refractivity contribution in [2.45, 2.75) is 56.7 Å². The number of thiocarbonyl (C=S) groups is 1. The molecule has 3 heterocycles. The van der Waals surface area contributed by atoms with Crippen molar-refractivity contribution in [2.24, 2.45) is 0 Å². The highest BCUT2D eigenvalue weighted by molar-refractivity contribution is 7.80. The topological polar surface area (TPSA) is 53.3 Å². The van der Waals surface area contributed by atoms with E-state index in [2.05, 4.69) is 44.2 Å². The van der Waals surface area contributed by atoms with Gasteiger partial charge in [-0.25, -0.2) is 0 Å². The van der Waals surface area contributed by atoms with Gasteiger partial charge in [0.2, 0.25) is 0 Å². The van der Waals surface area contributed by atoms with Gasteiger partial charge in [0.05, 0.1) is 17.8 Å². The number of aliphatic hydroxyl groups excluding tert-OH is 1. The van der Waals surface area contributed by atoms with Crippen LogP contribution in [0.5, 0.6) is 0 Å². The van der Waals surface area contributed by atoms with Gasteiger partial charge in [0.1, 0.15) is 0 Å². The van der Waals surface area contributed by atoms with Crippen LogP contribution in [0.15, 0.2) is 42.7 Å². The molecule has 1 saturated heterocycles. The monoisotopic (exact) mass is 384 g/mol. The lowest BCUT2D eigenvalue weighted by atomic mass is 9.94. The Labute approximate surface area is 166 Å². The van der Waals surface area contributed by atoms with Gasteiger partial charge >= 0.3 is 0 Å². The SMILES string of the molecule is OCCCN1C(=S)NC(c2ccccn2)C1c1cccn1C1CCCCC1. The van der Waals surface area contributed by atoms with E-state index in [4.69, 9.17) is 12.2 Å². The van der Waals surface area contributed by atoms with Crippen molar-refractivity contribution in [1.82, 2.24) is 19.8 Å². The second-order valence-corrected chi connectivity index (χ2v) is 7.92. The van der Waals surface area contributed by atoms with Crippen LogP contribution in [0.3, 0.4) is 0 Å². The fraction of sp³-hybridized carbons (Fsp3) is 0.524. The van der Waals surface area contributed by atoms with E-state index in [1.807, 2.05) is 18.3 Å². The van der Waals surface area contributed by atoms with Crippen molar-refractivity contribution in [3.05, 3.63) is 54.1 Å². The van der Waals surface area contributed by atoms with Crippen LogP contribution >= 0.6 is 12.2 Å². The summed E-state index contributed by atoms with van der Waals surface area (Å²) in [6.07, 6.45) is 11.2. The summed E-state index contributed by atoms with van der Waals surface area (Å²) >= 11 is 5.68. The minimum absolute atomic E-state index is 0.0228. The van der Waals surface area contributed by atoms with E-state index in [9.17, 15) is 5.11 Å². The molecule has 0 aromatic carbocycles. The molecule has 144 valence electrons. The molecule has 0 spiro atoms. The molecule has 2 aromatic rings. The summed E-state index contributed by atoms with van der Waals surface area (Å²) in [4.78, 5) is 6.84. The Bertz CT molecular complexity index is 757. The molecule has 1 aliphatic heterocycles. The van der Waals surface area contributed by atoms with Crippen LogP contribution in [0.2, 0.25) is 0 Å². The van der Waals surface area contributed by atoms with Gasteiger partial charge in [-0.15, -0.1) is 0 Å². The predicted molar refractivity (Wildman–Crippen MR) is 110 cm³/mol. The second-order valence-electron chi connectivity index (χ2n) is 7.53. The Balaban J connectivity index is 1.71. The molecular formula is C21H28N4OS. The Kier molecular flexibility index (Phi) is 5.74. The average molecular weight is 385 g/mol. The maximum Gasteiger partial charge on any atom is 0.170 e. The van der Waals surface area contributed by atoms with Crippen LogP contribution in [0.4, 0.5) is 0 Å². The minimum atomic E-state index is 0.0228.